The minimum Gasteiger partial charge on any atom is -0.387 e. The normalized spacial score (nSPS) is 20.0. The van der Waals surface area contributed by atoms with Crippen LogP contribution in [0.5, 0.6) is 0 Å². The van der Waals surface area contributed by atoms with Gasteiger partial charge in [0.15, 0.2) is 0 Å². The van der Waals surface area contributed by atoms with Gasteiger partial charge in [0.25, 0.3) is 0 Å². The van der Waals surface area contributed by atoms with Gasteiger partial charge in [0, 0.05) is 31.9 Å². The van der Waals surface area contributed by atoms with E-state index in [0.29, 0.717) is 18.8 Å². The van der Waals surface area contributed by atoms with E-state index in [2.05, 4.69) is 39.9 Å². The Morgan fingerprint density at radius 1 is 1.56 bits per heavy atom. The summed E-state index contributed by atoms with van der Waals surface area (Å²) in [6.45, 7) is 3.69. The Kier molecular flexibility index (Phi) is 4.02. The fourth-order valence-electron chi connectivity index (χ4n) is 1.98. The Hall–Kier alpha value is -1.78. The minimum atomic E-state index is 0.217. The molecule has 1 aromatic rings. The maximum Gasteiger partial charge on any atom is 0.107 e. The SMILES string of the molecule is CC1CN=C(N)CC(N(C)CCc2ccc[nH]2)=N1. The van der Waals surface area contributed by atoms with E-state index >= 15 is 0 Å². The number of likely N-dealkylation sites (N-methyl/N-ethyl adjacent to an activating group) is 1. The highest BCUT2D eigenvalue weighted by atomic mass is 15.2. The molecule has 0 saturated heterocycles. The third kappa shape index (κ3) is 3.35. The number of nitrogens with two attached hydrogens (primary N) is 1. The predicted molar refractivity (Wildman–Crippen MR) is 75.1 cm³/mol. The maximum absolute atomic E-state index is 5.85. The van der Waals surface area contributed by atoms with Crippen LogP contribution >= 0.6 is 0 Å². The average molecular weight is 247 g/mol. The smallest absolute Gasteiger partial charge is 0.107 e. The number of nitrogens with one attached hydrogen (secondary N) is 1. The van der Waals surface area contributed by atoms with E-state index in [0.717, 1.165) is 18.8 Å². The van der Waals surface area contributed by atoms with Crippen molar-refractivity contribution in [1.29, 1.82) is 0 Å². The number of aromatic nitrogens is 1. The highest BCUT2D eigenvalue weighted by Crippen LogP contribution is 2.06. The lowest BCUT2D eigenvalue weighted by Gasteiger charge is -2.21. The number of H-pyrrole nitrogens is 1. The summed E-state index contributed by atoms with van der Waals surface area (Å²) in [7, 11) is 2.06. The Morgan fingerprint density at radius 3 is 3.11 bits per heavy atom. The van der Waals surface area contributed by atoms with Crippen LogP contribution in [-0.2, 0) is 6.42 Å². The van der Waals surface area contributed by atoms with Gasteiger partial charge in [-0.25, -0.2) is 0 Å². The molecule has 0 aliphatic carbocycles. The van der Waals surface area contributed by atoms with Crippen LogP contribution in [0.1, 0.15) is 19.0 Å². The zero-order chi connectivity index (χ0) is 13.0. The van der Waals surface area contributed by atoms with Crippen LogP contribution in [0.3, 0.4) is 0 Å². The van der Waals surface area contributed by atoms with Gasteiger partial charge in [-0.15, -0.1) is 0 Å². The average Bonchev–Trinajstić information content (AvgIpc) is 2.79. The molecule has 0 amide bonds. The summed E-state index contributed by atoms with van der Waals surface area (Å²) >= 11 is 0. The molecular formula is C13H21N5. The van der Waals surface area contributed by atoms with Crippen molar-refractivity contribution in [2.24, 2.45) is 15.7 Å². The van der Waals surface area contributed by atoms with E-state index in [9.17, 15) is 0 Å². The maximum atomic E-state index is 5.85. The Balaban J connectivity index is 1.95. The first-order chi connectivity index (χ1) is 8.65. The van der Waals surface area contributed by atoms with Crippen molar-refractivity contribution in [3.8, 4) is 0 Å². The summed E-state index contributed by atoms with van der Waals surface area (Å²) in [5.41, 5.74) is 7.09. The quantitative estimate of drug-likeness (QED) is 0.837. The molecule has 0 aromatic carbocycles. The molecule has 1 aromatic heterocycles. The van der Waals surface area contributed by atoms with Gasteiger partial charge in [0.1, 0.15) is 11.7 Å². The number of hydrogen-bond acceptors (Lipinski definition) is 4. The van der Waals surface area contributed by atoms with Crippen molar-refractivity contribution in [2.75, 3.05) is 20.1 Å². The summed E-state index contributed by atoms with van der Waals surface area (Å²) < 4.78 is 0. The second-order valence-electron chi connectivity index (χ2n) is 4.77. The van der Waals surface area contributed by atoms with E-state index in [4.69, 9.17) is 5.73 Å². The molecule has 1 unspecified atom stereocenters. The zero-order valence-electron chi connectivity index (χ0n) is 11.1. The third-order valence-electron chi connectivity index (χ3n) is 3.09. The molecule has 2 heterocycles. The molecule has 3 N–H and O–H groups in total. The first kappa shape index (κ1) is 12.7. The number of nitrogens with zero attached hydrogens (tertiary/aromatic N) is 3. The number of aromatic amines is 1. The molecule has 5 nitrogen and oxygen atoms in total. The van der Waals surface area contributed by atoms with Crippen molar-refractivity contribution < 1.29 is 0 Å². The van der Waals surface area contributed by atoms with Gasteiger partial charge in [-0.3, -0.25) is 9.98 Å². The van der Waals surface area contributed by atoms with Crippen molar-refractivity contribution in [1.82, 2.24) is 9.88 Å². The summed E-state index contributed by atoms with van der Waals surface area (Å²) in [5.74, 6) is 1.72. The Labute approximate surface area is 108 Å². The number of aliphatic imine (C=N–C) groups is 2. The minimum absolute atomic E-state index is 0.217. The van der Waals surface area contributed by atoms with Gasteiger partial charge in [0.2, 0.25) is 0 Å². The van der Waals surface area contributed by atoms with Crippen LogP contribution in [0.4, 0.5) is 0 Å². The first-order valence-electron chi connectivity index (χ1n) is 6.34. The molecular weight excluding hydrogens is 226 g/mol. The van der Waals surface area contributed by atoms with Crippen molar-refractivity contribution in [3.63, 3.8) is 0 Å². The summed E-state index contributed by atoms with van der Waals surface area (Å²) in [4.78, 5) is 14.3. The lowest BCUT2D eigenvalue weighted by molar-refractivity contribution is 0.495. The fourth-order valence-corrected chi connectivity index (χ4v) is 1.98. The second-order valence-corrected chi connectivity index (χ2v) is 4.77. The van der Waals surface area contributed by atoms with Crippen LogP contribution < -0.4 is 5.73 Å². The molecule has 0 saturated carbocycles. The monoisotopic (exact) mass is 247 g/mol. The fraction of sp³-hybridized carbons (Fsp3) is 0.538. The van der Waals surface area contributed by atoms with Gasteiger partial charge in [-0.05, 0) is 19.1 Å². The van der Waals surface area contributed by atoms with Gasteiger partial charge in [-0.2, -0.15) is 0 Å². The molecule has 0 fully saturated rings. The molecule has 0 bridgehead atoms. The molecule has 0 radical (unpaired) electrons. The van der Waals surface area contributed by atoms with E-state index in [1.165, 1.54) is 5.69 Å². The molecule has 98 valence electrons. The van der Waals surface area contributed by atoms with E-state index in [-0.39, 0.29) is 6.04 Å². The molecule has 1 atom stereocenters. The Bertz CT molecular complexity index is 432. The van der Waals surface area contributed by atoms with Crippen molar-refractivity contribution in [2.45, 2.75) is 25.8 Å². The first-order valence-corrected chi connectivity index (χ1v) is 6.34. The van der Waals surface area contributed by atoms with E-state index < -0.39 is 0 Å². The lowest BCUT2D eigenvalue weighted by atomic mass is 10.2. The summed E-state index contributed by atoms with van der Waals surface area (Å²) in [6, 6.07) is 4.33. The number of rotatable bonds is 3. The number of hydrogen-bond donors (Lipinski definition) is 2. The van der Waals surface area contributed by atoms with Gasteiger partial charge in [0.05, 0.1) is 19.0 Å². The van der Waals surface area contributed by atoms with Crippen molar-refractivity contribution >= 4 is 11.7 Å². The van der Waals surface area contributed by atoms with Gasteiger partial charge in [-0.1, -0.05) is 0 Å². The third-order valence-corrected chi connectivity index (χ3v) is 3.09. The molecule has 1 aliphatic rings. The van der Waals surface area contributed by atoms with Crippen LogP contribution in [0.25, 0.3) is 0 Å². The summed E-state index contributed by atoms with van der Waals surface area (Å²) in [6.07, 6.45) is 3.59. The predicted octanol–water partition coefficient (Wildman–Crippen LogP) is 1.04. The lowest BCUT2D eigenvalue weighted by Crippen LogP contribution is -2.32. The zero-order valence-corrected chi connectivity index (χ0v) is 11.1. The molecule has 0 spiro atoms. The highest BCUT2D eigenvalue weighted by Gasteiger charge is 2.14. The van der Waals surface area contributed by atoms with Crippen LogP contribution in [0.15, 0.2) is 28.3 Å². The number of amidine groups is 2. The molecule has 18 heavy (non-hydrogen) atoms. The van der Waals surface area contributed by atoms with Gasteiger partial charge < -0.3 is 15.6 Å². The van der Waals surface area contributed by atoms with E-state index in [1.807, 2.05) is 12.3 Å². The highest BCUT2D eigenvalue weighted by molar-refractivity contribution is 6.02. The van der Waals surface area contributed by atoms with Crippen LogP contribution in [0, 0.1) is 0 Å². The molecule has 5 heteroatoms. The largest absolute Gasteiger partial charge is 0.387 e. The molecule has 1 aliphatic heterocycles. The topological polar surface area (TPSA) is 69.8 Å². The van der Waals surface area contributed by atoms with Crippen LogP contribution in [-0.4, -0.2) is 47.7 Å². The standard InChI is InChI=1S/C13H21N5/c1-10-9-16-12(14)8-13(17-10)18(2)7-5-11-4-3-6-15-11/h3-4,6,10,15H,5,7-9H2,1-2H3,(H2,14,16). The van der Waals surface area contributed by atoms with Crippen LogP contribution in [0.2, 0.25) is 0 Å². The van der Waals surface area contributed by atoms with Crippen molar-refractivity contribution in [3.05, 3.63) is 24.0 Å². The van der Waals surface area contributed by atoms with Gasteiger partial charge >= 0.3 is 0 Å². The Morgan fingerprint density at radius 2 is 2.39 bits per heavy atom. The van der Waals surface area contributed by atoms with E-state index in [1.54, 1.807) is 0 Å². The summed E-state index contributed by atoms with van der Waals surface area (Å²) in [5, 5.41) is 0. The molecule has 2 rings (SSSR count). The second kappa shape index (κ2) is 5.71.